The van der Waals surface area contributed by atoms with Gasteiger partial charge in [0.15, 0.2) is 0 Å². The van der Waals surface area contributed by atoms with E-state index in [-0.39, 0.29) is 17.5 Å². The number of anilines is 1. The van der Waals surface area contributed by atoms with Crippen LogP contribution < -0.4 is 16.4 Å². The number of nitrogens with two attached hydrogens (primary N) is 1. The summed E-state index contributed by atoms with van der Waals surface area (Å²) in [4.78, 5) is 29.8. The topological polar surface area (TPSA) is 115 Å². The molecule has 2 aromatic rings. The number of nitrogens with one attached hydrogen (secondary N) is 2. The Morgan fingerprint density at radius 2 is 1.80 bits per heavy atom. The molecule has 2 atom stereocenters. The molecule has 1 aliphatic carbocycles. The number of carbonyl (C=O) groups is 2. The molecule has 45 heavy (non-hydrogen) atoms. The highest BCUT2D eigenvalue weighted by Gasteiger charge is 2.24. The number of halogens is 1. The van der Waals surface area contributed by atoms with E-state index in [9.17, 15) is 14.0 Å². The minimum Gasteiger partial charge on any atom is -0.378 e. The molecule has 1 fully saturated rings. The Morgan fingerprint density at radius 3 is 2.56 bits per heavy atom. The second-order valence-corrected chi connectivity index (χ2v) is 11.8. The zero-order valence-corrected chi connectivity index (χ0v) is 26.4. The lowest BCUT2D eigenvalue weighted by atomic mass is 9.89. The average Bonchev–Trinajstić information content (AvgIpc) is 3.25. The van der Waals surface area contributed by atoms with E-state index in [2.05, 4.69) is 16.7 Å². The van der Waals surface area contributed by atoms with E-state index in [0.29, 0.717) is 69.0 Å². The summed E-state index contributed by atoms with van der Waals surface area (Å²) in [5, 5.41) is 6.24. The van der Waals surface area contributed by atoms with E-state index in [4.69, 9.17) is 20.2 Å². The van der Waals surface area contributed by atoms with Gasteiger partial charge in [-0.15, -0.1) is 0 Å². The Bertz CT molecular complexity index is 1360. The average molecular weight is 619 g/mol. The predicted octanol–water partition coefficient (Wildman–Crippen LogP) is 6.29. The van der Waals surface area contributed by atoms with Crippen LogP contribution >= 0.6 is 0 Å². The number of ether oxygens (including phenoxy) is 2. The molecule has 2 aliphatic rings. The molecule has 4 N–H and O–H groups in total. The summed E-state index contributed by atoms with van der Waals surface area (Å²) in [7, 11) is 0. The second kappa shape index (κ2) is 18.3. The van der Waals surface area contributed by atoms with E-state index in [1.807, 2.05) is 36.4 Å². The normalized spacial score (nSPS) is 21.2. The highest BCUT2D eigenvalue weighted by Crippen LogP contribution is 2.33. The number of benzene rings is 2. The van der Waals surface area contributed by atoms with Crippen molar-refractivity contribution >= 4 is 28.8 Å². The number of nitrogens with zero attached hydrogens (tertiary/aromatic N) is 1. The summed E-state index contributed by atoms with van der Waals surface area (Å²) >= 11 is 0. The molecule has 242 valence electrons. The van der Waals surface area contributed by atoms with Crippen LogP contribution in [0.1, 0.15) is 74.2 Å². The van der Waals surface area contributed by atoms with Gasteiger partial charge in [0, 0.05) is 47.7 Å². The van der Waals surface area contributed by atoms with Crippen molar-refractivity contribution in [2.45, 2.75) is 58.3 Å². The molecular formula is C36H47FN4O4. The van der Waals surface area contributed by atoms with E-state index < -0.39 is 0 Å². The highest BCUT2D eigenvalue weighted by molar-refractivity contribution is 5.95. The number of hydrogen-bond acceptors (Lipinski definition) is 7. The molecular weight excluding hydrogens is 571 g/mol. The van der Waals surface area contributed by atoms with Crippen LogP contribution in [0, 0.1) is 17.7 Å². The van der Waals surface area contributed by atoms with Crippen molar-refractivity contribution < 1.29 is 23.5 Å². The monoisotopic (exact) mass is 618 g/mol. The number of aliphatic imine (C=N–C) groups is 1. The van der Waals surface area contributed by atoms with Crippen molar-refractivity contribution in [3.05, 3.63) is 83.3 Å². The quantitative estimate of drug-likeness (QED) is 0.160. The van der Waals surface area contributed by atoms with Crippen LogP contribution in [0.2, 0.25) is 0 Å². The molecule has 1 heterocycles. The molecule has 0 radical (unpaired) electrons. The number of Topliss-reactive ketones (excluding diaryl/α,β-unsaturated/α-hetero) is 1. The van der Waals surface area contributed by atoms with Crippen LogP contribution in [0.4, 0.5) is 10.1 Å². The van der Waals surface area contributed by atoms with E-state index >= 15 is 0 Å². The molecule has 1 aliphatic heterocycles. The Kier molecular flexibility index (Phi) is 13.9. The molecule has 0 saturated heterocycles. The third-order valence-corrected chi connectivity index (χ3v) is 8.18. The summed E-state index contributed by atoms with van der Waals surface area (Å²) in [6.07, 6.45) is 11.8. The number of ketones is 1. The Morgan fingerprint density at radius 1 is 1.00 bits per heavy atom. The number of allylic oxidation sites excluding steroid dienone is 2. The van der Waals surface area contributed by atoms with Crippen molar-refractivity contribution in [3.8, 4) is 0 Å². The van der Waals surface area contributed by atoms with Gasteiger partial charge in [-0.25, -0.2) is 4.39 Å². The van der Waals surface area contributed by atoms with Crippen molar-refractivity contribution in [1.82, 2.24) is 5.32 Å². The summed E-state index contributed by atoms with van der Waals surface area (Å²) in [6, 6.07) is 13.9. The van der Waals surface area contributed by atoms with Gasteiger partial charge >= 0.3 is 0 Å². The maximum Gasteiger partial charge on any atom is 0.251 e. The lowest BCUT2D eigenvalue weighted by Crippen LogP contribution is -2.27. The van der Waals surface area contributed by atoms with Gasteiger partial charge in [-0.2, -0.15) is 0 Å². The predicted molar refractivity (Wildman–Crippen MR) is 178 cm³/mol. The molecule has 8 nitrogen and oxygen atoms in total. The summed E-state index contributed by atoms with van der Waals surface area (Å²) < 4.78 is 24.7. The summed E-state index contributed by atoms with van der Waals surface area (Å²) in [5.41, 5.74) is 10.3. The first-order valence-corrected chi connectivity index (χ1v) is 16.2. The zero-order chi connectivity index (χ0) is 31.9. The lowest BCUT2D eigenvalue weighted by Gasteiger charge is -2.21. The van der Waals surface area contributed by atoms with Gasteiger partial charge in [-0.3, -0.25) is 9.79 Å². The fraction of sp³-hybridized carbons (Fsp3) is 0.472. The molecule has 1 saturated carbocycles. The molecule has 0 bridgehead atoms. The standard InChI is InChI=1S/C36H47FN4O4/c1-26(42)23-27-5-2-6-28(12-11-27)34-10-4-9-33(40-32-8-3-7-31(37)24-32)25-35(41-34)29-13-15-30(16-14-29)36(43)39-18-20-45-22-21-44-19-17-38/h3,7-9,13-16,24-25,27-28,40H,2,4-6,10-12,17-23,38H2,1H3,(H,39,43)/b33-9+,35-25-,41-34?. The van der Waals surface area contributed by atoms with E-state index in [1.165, 1.54) is 17.8 Å². The molecule has 4 rings (SSSR count). The van der Waals surface area contributed by atoms with Gasteiger partial charge in [0.1, 0.15) is 11.6 Å². The molecule has 2 aromatic carbocycles. The second-order valence-electron chi connectivity index (χ2n) is 11.8. The van der Waals surface area contributed by atoms with Crippen LogP contribution in [0.3, 0.4) is 0 Å². The summed E-state index contributed by atoms with van der Waals surface area (Å²) in [6.45, 7) is 4.38. The Balaban J connectivity index is 1.48. The van der Waals surface area contributed by atoms with Crippen LogP contribution in [0.15, 0.2) is 71.4 Å². The van der Waals surface area contributed by atoms with Crippen molar-refractivity contribution in [1.29, 1.82) is 0 Å². The number of hydrogen-bond donors (Lipinski definition) is 3. The fourth-order valence-electron chi connectivity index (χ4n) is 5.95. The van der Waals surface area contributed by atoms with Crippen LogP contribution in [-0.4, -0.2) is 56.9 Å². The van der Waals surface area contributed by atoms with Gasteiger partial charge < -0.3 is 30.6 Å². The number of amides is 1. The first-order chi connectivity index (χ1) is 21.9. The van der Waals surface area contributed by atoms with Crippen LogP contribution in [0.5, 0.6) is 0 Å². The molecule has 9 heteroatoms. The highest BCUT2D eigenvalue weighted by atomic mass is 19.1. The third-order valence-electron chi connectivity index (χ3n) is 8.18. The molecule has 2 unspecified atom stereocenters. The first-order valence-electron chi connectivity index (χ1n) is 16.2. The fourth-order valence-corrected chi connectivity index (χ4v) is 5.95. The van der Waals surface area contributed by atoms with Gasteiger partial charge in [0.25, 0.3) is 5.91 Å². The lowest BCUT2D eigenvalue weighted by molar-refractivity contribution is -0.118. The number of rotatable bonds is 15. The largest absolute Gasteiger partial charge is 0.378 e. The molecule has 1 amide bonds. The Labute approximate surface area is 266 Å². The first kappa shape index (κ1) is 34.2. The minimum atomic E-state index is -0.302. The van der Waals surface area contributed by atoms with Gasteiger partial charge in [-0.05, 0) is 87.3 Å². The molecule has 0 aromatic heterocycles. The van der Waals surface area contributed by atoms with Gasteiger partial charge in [0.05, 0.1) is 32.1 Å². The number of carbonyl (C=O) groups excluding carboxylic acids is 2. The van der Waals surface area contributed by atoms with Gasteiger partial charge in [0.2, 0.25) is 0 Å². The summed E-state index contributed by atoms with van der Waals surface area (Å²) in [5.74, 6) is 0.622. The van der Waals surface area contributed by atoms with Crippen LogP contribution in [-0.2, 0) is 14.3 Å². The third kappa shape index (κ3) is 11.7. The van der Waals surface area contributed by atoms with Gasteiger partial charge in [-0.1, -0.05) is 37.1 Å². The zero-order valence-electron chi connectivity index (χ0n) is 26.4. The minimum absolute atomic E-state index is 0.174. The maximum absolute atomic E-state index is 13.9. The van der Waals surface area contributed by atoms with Crippen molar-refractivity contribution in [2.75, 3.05) is 44.8 Å². The SMILES string of the molecule is CC(=O)CC1CCCC(C2=N/C(c3ccc(C(=O)NCCOCCOCCN)cc3)=C\C(Nc3cccc(F)c3)=C/CC2)CC1. The Hall–Kier alpha value is -3.66. The van der Waals surface area contributed by atoms with E-state index in [1.54, 1.807) is 13.0 Å². The van der Waals surface area contributed by atoms with E-state index in [0.717, 1.165) is 61.9 Å². The molecule has 0 spiro atoms. The van der Waals surface area contributed by atoms with Crippen molar-refractivity contribution in [2.24, 2.45) is 22.6 Å². The van der Waals surface area contributed by atoms with Crippen molar-refractivity contribution in [3.63, 3.8) is 0 Å². The maximum atomic E-state index is 13.9. The van der Waals surface area contributed by atoms with Crippen LogP contribution in [0.25, 0.3) is 5.70 Å². The smallest absolute Gasteiger partial charge is 0.251 e.